The van der Waals surface area contributed by atoms with E-state index >= 15 is 0 Å². The minimum absolute atomic E-state index is 0.176. The van der Waals surface area contributed by atoms with Crippen LogP contribution in [0.25, 0.3) is 21.3 Å². The van der Waals surface area contributed by atoms with E-state index < -0.39 is 0 Å². The fraction of sp³-hybridized carbons (Fsp3) is 0.400. The van der Waals surface area contributed by atoms with E-state index in [0.717, 1.165) is 58.0 Å². The molecule has 3 heterocycles. The van der Waals surface area contributed by atoms with Crippen LogP contribution in [0.1, 0.15) is 30.6 Å². The number of nitrogens with zero attached hydrogens (tertiary/aromatic N) is 3. The quantitative estimate of drug-likeness (QED) is 0.547. The zero-order valence-corrected chi connectivity index (χ0v) is 17.4. The number of anilines is 1. The van der Waals surface area contributed by atoms with Crippen molar-refractivity contribution in [3.8, 4) is 11.1 Å². The van der Waals surface area contributed by atoms with Crippen LogP contribution in [-0.4, -0.2) is 34.3 Å². The third kappa shape index (κ3) is 3.66. The van der Waals surface area contributed by atoms with Crippen molar-refractivity contribution in [2.75, 3.05) is 18.1 Å². The second-order valence-corrected chi connectivity index (χ2v) is 8.87. The molecule has 1 N–H and O–H groups in total. The van der Waals surface area contributed by atoms with Crippen molar-refractivity contribution >= 4 is 50.6 Å². The molecule has 0 bridgehead atoms. The van der Waals surface area contributed by atoms with Gasteiger partial charge in [-0.05, 0) is 61.9 Å². The van der Waals surface area contributed by atoms with Crippen molar-refractivity contribution in [2.24, 2.45) is 0 Å². The number of rotatable bonds is 4. The van der Waals surface area contributed by atoms with E-state index in [4.69, 9.17) is 23.2 Å². The molecule has 1 atom stereocenters. The molecule has 0 saturated carbocycles. The molecule has 4 nitrogen and oxygen atoms in total. The summed E-state index contributed by atoms with van der Waals surface area (Å²) in [5.41, 5.74) is 2.25. The van der Waals surface area contributed by atoms with E-state index in [1.807, 2.05) is 24.3 Å². The molecule has 1 fully saturated rings. The number of benzene rings is 1. The molecule has 7 heteroatoms. The molecule has 1 aliphatic rings. The monoisotopic (exact) mass is 421 g/mol. The molecular formula is C20H21Cl2N3OS. The number of halogens is 2. The summed E-state index contributed by atoms with van der Waals surface area (Å²) in [5, 5.41) is 11.6. The van der Waals surface area contributed by atoms with Gasteiger partial charge in [0.25, 0.3) is 0 Å². The minimum Gasteiger partial charge on any atom is -0.396 e. The normalized spacial score (nSPS) is 17.6. The smallest absolute Gasteiger partial charge is 0.225 e. The Morgan fingerprint density at radius 2 is 1.96 bits per heavy atom. The molecule has 1 unspecified atom stereocenters. The second kappa shape index (κ2) is 7.92. The van der Waals surface area contributed by atoms with Crippen LogP contribution in [0.15, 0.2) is 24.3 Å². The van der Waals surface area contributed by atoms with Gasteiger partial charge in [0.2, 0.25) is 5.28 Å². The maximum absolute atomic E-state index is 9.52. The Balaban J connectivity index is 1.93. The van der Waals surface area contributed by atoms with E-state index in [1.165, 1.54) is 11.3 Å². The number of aryl methyl sites for hydroxylation is 1. The number of thiophene rings is 1. The first-order valence-electron chi connectivity index (χ1n) is 9.18. The molecule has 2 aromatic heterocycles. The molecule has 0 aliphatic carbocycles. The Morgan fingerprint density at radius 3 is 2.70 bits per heavy atom. The van der Waals surface area contributed by atoms with Crippen LogP contribution in [-0.2, 0) is 0 Å². The summed E-state index contributed by atoms with van der Waals surface area (Å²) in [6.07, 6.45) is 4.09. The van der Waals surface area contributed by atoms with Crippen LogP contribution < -0.4 is 4.90 Å². The van der Waals surface area contributed by atoms with Crippen molar-refractivity contribution in [2.45, 2.75) is 38.6 Å². The molecule has 1 aliphatic heterocycles. The summed E-state index contributed by atoms with van der Waals surface area (Å²) in [4.78, 5) is 13.6. The van der Waals surface area contributed by atoms with Gasteiger partial charge in [-0.2, -0.15) is 4.98 Å². The molecule has 1 saturated heterocycles. The Morgan fingerprint density at radius 1 is 1.19 bits per heavy atom. The predicted octanol–water partition coefficient (Wildman–Crippen LogP) is 5.71. The summed E-state index contributed by atoms with van der Waals surface area (Å²) >= 11 is 14.0. The highest BCUT2D eigenvalue weighted by molar-refractivity contribution is 7.19. The maximum Gasteiger partial charge on any atom is 0.225 e. The number of aliphatic hydroxyl groups excluding tert-OH is 1. The van der Waals surface area contributed by atoms with Crippen LogP contribution in [0.5, 0.6) is 0 Å². The molecular weight excluding hydrogens is 401 g/mol. The minimum atomic E-state index is 0.176. The molecule has 142 valence electrons. The number of fused-ring (bicyclic) bond motifs is 1. The van der Waals surface area contributed by atoms with Crippen molar-refractivity contribution in [3.05, 3.63) is 39.4 Å². The van der Waals surface area contributed by atoms with Crippen LogP contribution in [0.4, 0.5) is 5.82 Å². The first-order chi connectivity index (χ1) is 13.1. The fourth-order valence-corrected chi connectivity index (χ4v) is 5.35. The largest absolute Gasteiger partial charge is 0.396 e. The lowest BCUT2D eigenvalue weighted by molar-refractivity contribution is 0.262. The van der Waals surface area contributed by atoms with E-state index in [0.29, 0.717) is 0 Å². The third-order valence-electron chi connectivity index (χ3n) is 5.18. The standard InChI is InChI=1S/C20H21Cl2N3OS/c1-12-16(13-5-7-14(21)8-6-13)17-18(23-20(22)24-19(17)27-12)25-10-3-2-4-15(25)9-11-26/h5-8,15,26H,2-4,9-11H2,1H3. The Labute approximate surface area is 172 Å². The number of aromatic nitrogens is 2. The van der Waals surface area contributed by atoms with Crippen molar-refractivity contribution in [1.29, 1.82) is 0 Å². The Hall–Kier alpha value is -1.40. The lowest BCUT2D eigenvalue weighted by Gasteiger charge is -2.37. The molecule has 27 heavy (non-hydrogen) atoms. The Kier molecular flexibility index (Phi) is 5.55. The summed E-state index contributed by atoms with van der Waals surface area (Å²) in [6, 6.07) is 8.17. The fourth-order valence-electron chi connectivity index (χ4n) is 3.97. The van der Waals surface area contributed by atoms with Gasteiger partial charge in [-0.1, -0.05) is 23.7 Å². The van der Waals surface area contributed by atoms with Crippen LogP contribution in [0.3, 0.4) is 0 Å². The summed E-state index contributed by atoms with van der Waals surface area (Å²) in [5.74, 6) is 0.887. The van der Waals surface area contributed by atoms with Gasteiger partial charge in [-0.3, -0.25) is 0 Å². The van der Waals surface area contributed by atoms with Gasteiger partial charge in [-0.15, -0.1) is 11.3 Å². The highest BCUT2D eigenvalue weighted by atomic mass is 35.5. The van der Waals surface area contributed by atoms with E-state index in [-0.39, 0.29) is 17.9 Å². The van der Waals surface area contributed by atoms with Crippen molar-refractivity contribution < 1.29 is 5.11 Å². The van der Waals surface area contributed by atoms with Gasteiger partial charge < -0.3 is 10.0 Å². The zero-order chi connectivity index (χ0) is 19.0. The summed E-state index contributed by atoms with van der Waals surface area (Å²) in [7, 11) is 0. The number of aliphatic hydroxyl groups is 1. The molecule has 1 aromatic carbocycles. The van der Waals surface area contributed by atoms with E-state index in [1.54, 1.807) is 11.3 Å². The number of piperidine rings is 1. The molecule has 0 spiro atoms. The van der Waals surface area contributed by atoms with Gasteiger partial charge in [0.05, 0.1) is 5.39 Å². The summed E-state index contributed by atoms with van der Waals surface area (Å²) in [6.45, 7) is 3.20. The average molecular weight is 422 g/mol. The highest BCUT2D eigenvalue weighted by Gasteiger charge is 2.28. The van der Waals surface area contributed by atoms with Crippen molar-refractivity contribution in [1.82, 2.24) is 9.97 Å². The summed E-state index contributed by atoms with van der Waals surface area (Å²) < 4.78 is 0. The van der Waals surface area contributed by atoms with Gasteiger partial charge >= 0.3 is 0 Å². The SMILES string of the molecule is Cc1sc2nc(Cl)nc(N3CCCCC3CCO)c2c1-c1ccc(Cl)cc1. The van der Waals surface area contributed by atoms with E-state index in [9.17, 15) is 5.11 Å². The molecule has 0 radical (unpaired) electrons. The van der Waals surface area contributed by atoms with Gasteiger partial charge in [0, 0.05) is 34.7 Å². The highest BCUT2D eigenvalue weighted by Crippen LogP contribution is 2.43. The van der Waals surface area contributed by atoms with Crippen molar-refractivity contribution in [3.63, 3.8) is 0 Å². The van der Waals surface area contributed by atoms with Crippen LogP contribution in [0, 0.1) is 6.92 Å². The molecule has 3 aromatic rings. The molecule has 0 amide bonds. The van der Waals surface area contributed by atoms with Crippen LogP contribution in [0.2, 0.25) is 10.3 Å². The number of hydrogen-bond donors (Lipinski definition) is 1. The van der Waals surface area contributed by atoms with Gasteiger partial charge in [0.1, 0.15) is 10.6 Å². The first-order valence-corrected chi connectivity index (χ1v) is 10.8. The maximum atomic E-state index is 9.52. The number of hydrogen-bond acceptors (Lipinski definition) is 5. The average Bonchev–Trinajstić information content (AvgIpc) is 2.98. The first kappa shape index (κ1) is 18.9. The second-order valence-electron chi connectivity index (χ2n) is 6.89. The lowest BCUT2D eigenvalue weighted by atomic mass is 9.98. The topological polar surface area (TPSA) is 49.2 Å². The predicted molar refractivity (Wildman–Crippen MR) is 114 cm³/mol. The third-order valence-corrected chi connectivity index (χ3v) is 6.60. The van der Waals surface area contributed by atoms with E-state index in [2.05, 4.69) is 21.8 Å². The van der Waals surface area contributed by atoms with Gasteiger partial charge in [0.15, 0.2) is 0 Å². The Bertz CT molecular complexity index is 956. The lowest BCUT2D eigenvalue weighted by Crippen LogP contribution is -2.40. The molecule has 4 rings (SSSR count). The van der Waals surface area contributed by atoms with Crippen LogP contribution >= 0.6 is 34.5 Å². The zero-order valence-electron chi connectivity index (χ0n) is 15.1. The van der Waals surface area contributed by atoms with Gasteiger partial charge in [-0.25, -0.2) is 4.98 Å².